The minimum Gasteiger partial charge on any atom is -0.326 e. The molecule has 0 saturated heterocycles. The Morgan fingerprint density at radius 1 is 1.29 bits per heavy atom. The zero-order valence-electron chi connectivity index (χ0n) is 9.15. The van der Waals surface area contributed by atoms with Gasteiger partial charge in [-0.2, -0.15) is 0 Å². The Labute approximate surface area is 109 Å². The van der Waals surface area contributed by atoms with Crippen LogP contribution in [0.15, 0.2) is 41.8 Å². The van der Waals surface area contributed by atoms with Gasteiger partial charge in [0.15, 0.2) is 0 Å². The summed E-state index contributed by atoms with van der Waals surface area (Å²) in [7, 11) is 0. The van der Waals surface area contributed by atoms with Gasteiger partial charge >= 0.3 is 0 Å². The van der Waals surface area contributed by atoms with Gasteiger partial charge in [0.05, 0.1) is 6.42 Å². The number of hydrogen-bond acceptors (Lipinski definition) is 2. The van der Waals surface area contributed by atoms with Crippen molar-refractivity contribution in [1.82, 2.24) is 0 Å². The first-order chi connectivity index (χ1) is 8.28. The zero-order chi connectivity index (χ0) is 12.1. The average Bonchev–Trinajstić information content (AvgIpc) is 2.82. The molecule has 1 aromatic heterocycles. The molecule has 2 rings (SSSR count). The molecule has 0 atom stereocenters. The topological polar surface area (TPSA) is 29.1 Å². The van der Waals surface area contributed by atoms with Crippen LogP contribution in [0.5, 0.6) is 0 Å². The Kier molecular flexibility index (Phi) is 4.18. The summed E-state index contributed by atoms with van der Waals surface area (Å²) in [4.78, 5) is 12.8. The third-order valence-corrected chi connectivity index (χ3v) is 3.46. The Morgan fingerprint density at radius 2 is 2.18 bits per heavy atom. The van der Waals surface area contributed by atoms with E-state index < -0.39 is 0 Å². The molecule has 0 saturated carbocycles. The number of rotatable bonds is 4. The highest BCUT2D eigenvalue weighted by atomic mass is 35.5. The van der Waals surface area contributed by atoms with E-state index >= 15 is 0 Å². The van der Waals surface area contributed by atoms with Crippen molar-refractivity contribution in [2.24, 2.45) is 0 Å². The number of hydrogen-bond donors (Lipinski definition) is 1. The number of halogens is 1. The highest BCUT2D eigenvalue weighted by Crippen LogP contribution is 2.14. The van der Waals surface area contributed by atoms with Crippen molar-refractivity contribution in [1.29, 1.82) is 0 Å². The molecule has 0 radical (unpaired) electrons. The molecule has 0 aliphatic rings. The summed E-state index contributed by atoms with van der Waals surface area (Å²) < 4.78 is 0. The molecule has 0 unspecified atom stereocenters. The van der Waals surface area contributed by atoms with E-state index in [1.165, 1.54) is 0 Å². The molecule has 2 aromatic rings. The zero-order valence-corrected chi connectivity index (χ0v) is 10.7. The van der Waals surface area contributed by atoms with Crippen LogP contribution in [0.25, 0.3) is 0 Å². The van der Waals surface area contributed by atoms with Crippen molar-refractivity contribution in [3.8, 4) is 0 Å². The minimum absolute atomic E-state index is 0.000766. The fourth-order valence-corrected chi connectivity index (χ4v) is 2.38. The van der Waals surface area contributed by atoms with Crippen LogP contribution in [0.2, 0.25) is 0 Å². The Morgan fingerprint density at radius 3 is 2.88 bits per heavy atom. The second kappa shape index (κ2) is 5.84. The van der Waals surface area contributed by atoms with Gasteiger partial charge in [0.2, 0.25) is 5.91 Å². The van der Waals surface area contributed by atoms with E-state index in [0.29, 0.717) is 12.3 Å². The summed E-state index contributed by atoms with van der Waals surface area (Å²) in [5, 5.41) is 4.83. The number of thiophene rings is 1. The Bertz CT molecular complexity index is 496. The minimum atomic E-state index is -0.000766. The lowest BCUT2D eigenvalue weighted by atomic mass is 10.2. The van der Waals surface area contributed by atoms with Crippen LogP contribution in [0, 0.1) is 0 Å². The molecule has 0 spiro atoms. The maximum Gasteiger partial charge on any atom is 0.229 e. The van der Waals surface area contributed by atoms with E-state index in [2.05, 4.69) is 5.32 Å². The highest BCUT2D eigenvalue weighted by molar-refractivity contribution is 7.10. The van der Waals surface area contributed by atoms with E-state index in [4.69, 9.17) is 11.6 Å². The molecule has 4 heteroatoms. The highest BCUT2D eigenvalue weighted by Gasteiger charge is 2.04. The lowest BCUT2D eigenvalue weighted by molar-refractivity contribution is -0.115. The molecule has 2 nitrogen and oxygen atoms in total. The van der Waals surface area contributed by atoms with Crippen molar-refractivity contribution >= 4 is 34.5 Å². The molecule has 1 heterocycles. The van der Waals surface area contributed by atoms with E-state index in [1.54, 1.807) is 11.3 Å². The van der Waals surface area contributed by atoms with Gasteiger partial charge in [-0.3, -0.25) is 4.79 Å². The average molecular weight is 266 g/mol. The smallest absolute Gasteiger partial charge is 0.229 e. The van der Waals surface area contributed by atoms with Crippen molar-refractivity contribution in [3.63, 3.8) is 0 Å². The quantitative estimate of drug-likeness (QED) is 0.840. The van der Waals surface area contributed by atoms with Crippen LogP contribution in [-0.4, -0.2) is 5.91 Å². The number of anilines is 1. The third-order valence-electron chi connectivity index (χ3n) is 2.28. The summed E-state index contributed by atoms with van der Waals surface area (Å²) >= 11 is 7.33. The predicted octanol–water partition coefficient (Wildman–Crippen LogP) is 3.67. The van der Waals surface area contributed by atoms with E-state index in [1.807, 2.05) is 41.8 Å². The van der Waals surface area contributed by atoms with Gasteiger partial charge in [-0.15, -0.1) is 22.9 Å². The van der Waals surface area contributed by atoms with Crippen molar-refractivity contribution in [3.05, 3.63) is 52.2 Å². The maximum atomic E-state index is 11.7. The molecule has 1 amide bonds. The van der Waals surface area contributed by atoms with Crippen LogP contribution < -0.4 is 5.32 Å². The van der Waals surface area contributed by atoms with Crippen LogP contribution in [-0.2, 0) is 17.1 Å². The molecule has 88 valence electrons. The molecule has 17 heavy (non-hydrogen) atoms. The second-order valence-electron chi connectivity index (χ2n) is 3.64. The summed E-state index contributed by atoms with van der Waals surface area (Å²) in [6.45, 7) is 0. The fraction of sp³-hybridized carbons (Fsp3) is 0.154. The van der Waals surface area contributed by atoms with Crippen molar-refractivity contribution in [2.45, 2.75) is 12.3 Å². The first-order valence-corrected chi connectivity index (χ1v) is 6.66. The summed E-state index contributed by atoms with van der Waals surface area (Å²) in [6, 6.07) is 11.5. The molecule has 1 N–H and O–H groups in total. The molecular formula is C13H12ClNOS. The van der Waals surface area contributed by atoms with Gasteiger partial charge in [-0.1, -0.05) is 18.2 Å². The molecule has 1 aromatic carbocycles. The Balaban J connectivity index is 1.98. The molecular weight excluding hydrogens is 254 g/mol. The largest absolute Gasteiger partial charge is 0.326 e. The molecule has 0 aliphatic carbocycles. The number of benzene rings is 1. The second-order valence-corrected chi connectivity index (χ2v) is 4.94. The number of carbonyl (C=O) groups is 1. The number of alkyl halides is 1. The van der Waals surface area contributed by atoms with E-state index in [9.17, 15) is 4.79 Å². The van der Waals surface area contributed by atoms with Crippen molar-refractivity contribution < 1.29 is 4.79 Å². The number of nitrogens with one attached hydrogen (secondary N) is 1. The van der Waals surface area contributed by atoms with Gasteiger partial charge in [-0.05, 0) is 29.1 Å². The van der Waals surface area contributed by atoms with E-state index in [-0.39, 0.29) is 5.91 Å². The number of amides is 1. The standard InChI is InChI=1S/C13H12ClNOS/c14-9-10-3-1-4-11(7-10)15-13(16)8-12-5-2-6-17-12/h1-7H,8-9H2,(H,15,16). The van der Waals surface area contributed by atoms with Crippen LogP contribution >= 0.6 is 22.9 Å². The normalized spacial score (nSPS) is 10.2. The lowest BCUT2D eigenvalue weighted by Gasteiger charge is -2.05. The predicted molar refractivity (Wildman–Crippen MR) is 72.7 cm³/mol. The Hall–Kier alpha value is -1.32. The molecule has 0 fully saturated rings. The summed E-state index contributed by atoms with van der Waals surface area (Å²) in [6.07, 6.45) is 0.419. The number of carbonyl (C=O) groups excluding carboxylic acids is 1. The first kappa shape index (κ1) is 12.1. The SMILES string of the molecule is O=C(Cc1cccs1)Nc1cccc(CCl)c1. The summed E-state index contributed by atoms with van der Waals surface area (Å²) in [5.74, 6) is 0.452. The third kappa shape index (κ3) is 3.58. The first-order valence-electron chi connectivity index (χ1n) is 5.25. The fourth-order valence-electron chi connectivity index (χ4n) is 1.51. The van der Waals surface area contributed by atoms with Crippen LogP contribution in [0.4, 0.5) is 5.69 Å². The lowest BCUT2D eigenvalue weighted by Crippen LogP contribution is -2.13. The van der Waals surface area contributed by atoms with Gasteiger partial charge in [-0.25, -0.2) is 0 Å². The van der Waals surface area contributed by atoms with E-state index in [0.717, 1.165) is 16.1 Å². The van der Waals surface area contributed by atoms with Gasteiger partial charge in [0, 0.05) is 16.4 Å². The van der Waals surface area contributed by atoms with Crippen LogP contribution in [0.3, 0.4) is 0 Å². The summed E-state index contributed by atoms with van der Waals surface area (Å²) in [5.41, 5.74) is 1.80. The van der Waals surface area contributed by atoms with Gasteiger partial charge in [0.1, 0.15) is 0 Å². The van der Waals surface area contributed by atoms with Crippen LogP contribution in [0.1, 0.15) is 10.4 Å². The molecule has 0 aliphatic heterocycles. The maximum absolute atomic E-state index is 11.7. The van der Waals surface area contributed by atoms with Gasteiger partial charge < -0.3 is 5.32 Å². The van der Waals surface area contributed by atoms with Gasteiger partial charge in [0.25, 0.3) is 0 Å². The molecule has 0 bridgehead atoms. The monoisotopic (exact) mass is 265 g/mol. The van der Waals surface area contributed by atoms with Crippen molar-refractivity contribution in [2.75, 3.05) is 5.32 Å².